The molecule has 0 spiro atoms. The van der Waals surface area contributed by atoms with Gasteiger partial charge in [-0.3, -0.25) is 10.6 Å². The van der Waals surface area contributed by atoms with E-state index in [1.165, 1.54) is 12.4 Å². The Kier molecular flexibility index (Phi) is 10.8. The number of rotatable bonds is 10. The minimum Gasteiger partial charge on any atom is -0.457 e. The number of nitriles is 2. The van der Waals surface area contributed by atoms with Crippen LogP contribution in [-0.4, -0.2) is 24.7 Å². The molecule has 0 saturated heterocycles. The molecule has 4 rings (SSSR count). The van der Waals surface area contributed by atoms with Crippen molar-refractivity contribution in [2.45, 2.75) is 42.0 Å². The van der Waals surface area contributed by atoms with Gasteiger partial charge in [0.25, 0.3) is 0 Å². The molecule has 22 heteroatoms. The number of nitrogens with one attached hydrogen (secondary N) is 2. The summed E-state index contributed by atoms with van der Waals surface area (Å²) in [6, 6.07) is 5.28. The third-order valence-electron chi connectivity index (χ3n) is 7.63. The van der Waals surface area contributed by atoms with Gasteiger partial charge in [0, 0.05) is 11.4 Å². The van der Waals surface area contributed by atoms with Crippen LogP contribution in [0.3, 0.4) is 0 Å². The Morgan fingerprint density at radius 2 is 0.727 bits per heavy atom. The number of ether oxygens (including phenoxy) is 2. The van der Waals surface area contributed by atoms with Crippen molar-refractivity contribution in [3.63, 3.8) is 0 Å². The molecule has 0 aliphatic carbocycles. The van der Waals surface area contributed by atoms with Crippen LogP contribution in [0, 0.1) is 22.9 Å². The van der Waals surface area contributed by atoms with Gasteiger partial charge in [-0.2, -0.15) is 80.8 Å². The van der Waals surface area contributed by atoms with Crippen LogP contribution in [0.15, 0.2) is 84.9 Å². The van der Waals surface area contributed by atoms with Gasteiger partial charge in [0.1, 0.15) is 23.0 Å². The first kappa shape index (κ1) is 41.7. The molecule has 0 heterocycles. The normalized spacial score (nSPS) is 13.1. The number of benzene rings is 4. The fraction of sp³-hybridized carbons (Fsp3) is 0.212. The summed E-state index contributed by atoms with van der Waals surface area (Å²) in [5, 5.41) is 21.0. The molecule has 0 amide bonds. The average molecular weight is 804 g/mol. The van der Waals surface area contributed by atoms with Crippen molar-refractivity contribution in [3.05, 3.63) is 107 Å². The van der Waals surface area contributed by atoms with Crippen molar-refractivity contribution < 1.29 is 79.7 Å². The van der Waals surface area contributed by atoms with E-state index in [2.05, 4.69) is 0 Å². The summed E-state index contributed by atoms with van der Waals surface area (Å²) in [7, 11) is 0. The van der Waals surface area contributed by atoms with E-state index in [1.807, 2.05) is 10.6 Å². The molecule has 0 saturated carbocycles. The predicted octanol–water partition coefficient (Wildman–Crippen LogP) is 11.8. The van der Waals surface area contributed by atoms with Gasteiger partial charge in [-0.15, -0.1) is 0 Å². The number of alkyl halides is 16. The molecule has 0 aliphatic rings. The maximum atomic E-state index is 14.7. The lowest BCUT2D eigenvalue weighted by Crippen LogP contribution is -2.54. The third-order valence-corrected chi connectivity index (χ3v) is 7.63. The SMILES string of the molecule is N#CNc1ccc(Oc2ccc(C(c3ccc(Oc4ccc(NC#N)cc4C(F)(F)C(F)(F)F)cc3)(C(F)(F)F)C(F)(F)F)cc2)c(C(F)(F)C(F)(F)F)c1. The highest BCUT2D eigenvalue weighted by molar-refractivity contribution is 5.57. The van der Waals surface area contributed by atoms with Gasteiger partial charge in [-0.1, -0.05) is 24.3 Å². The highest BCUT2D eigenvalue weighted by atomic mass is 19.4. The van der Waals surface area contributed by atoms with Gasteiger partial charge in [-0.05, 0) is 71.8 Å². The molecule has 0 unspecified atom stereocenters. The minimum atomic E-state index is -6.26. The van der Waals surface area contributed by atoms with E-state index in [0.717, 1.165) is 12.1 Å². The smallest absolute Gasteiger partial charge is 0.457 e. The topological polar surface area (TPSA) is 90.1 Å². The molecule has 55 heavy (non-hydrogen) atoms. The van der Waals surface area contributed by atoms with E-state index < -0.39 is 98.6 Å². The molecule has 0 aliphatic heterocycles. The first-order valence-electron chi connectivity index (χ1n) is 14.4. The van der Waals surface area contributed by atoms with Gasteiger partial charge in [-0.25, -0.2) is 0 Å². The second-order valence-corrected chi connectivity index (χ2v) is 11.0. The third kappa shape index (κ3) is 7.79. The molecule has 292 valence electrons. The zero-order valence-corrected chi connectivity index (χ0v) is 26.3. The first-order chi connectivity index (χ1) is 25.2. The van der Waals surface area contributed by atoms with E-state index in [4.69, 9.17) is 20.0 Å². The maximum absolute atomic E-state index is 14.7. The predicted molar refractivity (Wildman–Crippen MR) is 157 cm³/mol. The molecule has 4 aromatic rings. The quantitative estimate of drug-likeness (QED) is 0.0943. The van der Waals surface area contributed by atoms with Crippen molar-refractivity contribution in [1.82, 2.24) is 0 Å². The van der Waals surface area contributed by atoms with Gasteiger partial charge in [0.05, 0.1) is 11.1 Å². The number of halogens is 16. The van der Waals surface area contributed by atoms with Crippen molar-refractivity contribution in [3.8, 4) is 35.4 Å². The summed E-state index contributed by atoms with van der Waals surface area (Å²) in [5.41, 5.74) is -13.0. The largest absolute Gasteiger partial charge is 0.458 e. The summed E-state index contributed by atoms with van der Waals surface area (Å²) in [4.78, 5) is 0. The van der Waals surface area contributed by atoms with E-state index in [-0.39, 0.29) is 36.4 Å². The van der Waals surface area contributed by atoms with Crippen LogP contribution in [0.25, 0.3) is 0 Å². The van der Waals surface area contributed by atoms with Crippen molar-refractivity contribution in [2.75, 3.05) is 10.6 Å². The molecular weight excluding hydrogens is 788 g/mol. The lowest BCUT2D eigenvalue weighted by molar-refractivity contribution is -0.289. The highest BCUT2D eigenvalue weighted by Crippen LogP contribution is 2.57. The summed E-state index contributed by atoms with van der Waals surface area (Å²) < 4.78 is 235. The Morgan fingerprint density at radius 3 is 0.982 bits per heavy atom. The van der Waals surface area contributed by atoms with E-state index >= 15 is 0 Å². The molecule has 0 atom stereocenters. The highest BCUT2D eigenvalue weighted by Gasteiger charge is 2.72. The number of nitrogens with zero attached hydrogens (tertiary/aromatic N) is 2. The van der Waals surface area contributed by atoms with E-state index in [9.17, 15) is 70.2 Å². The number of hydrogen-bond donors (Lipinski definition) is 2. The Balaban J connectivity index is 1.78. The van der Waals surface area contributed by atoms with Gasteiger partial charge >= 0.3 is 36.6 Å². The fourth-order valence-corrected chi connectivity index (χ4v) is 5.10. The Morgan fingerprint density at radius 1 is 0.418 bits per heavy atom. The number of anilines is 2. The van der Waals surface area contributed by atoms with Crippen molar-refractivity contribution in [2.24, 2.45) is 0 Å². The second kappa shape index (κ2) is 14.3. The standard InChI is InChI=1S/C33H16F16N4O2/c34-28(35,32(44,45)46)23-13-19(52-15-50)5-11-25(23)54-21-7-1-17(2-8-21)27(30(38,39)40,31(41,42)43)18-3-9-22(10-4-18)55-26-12-6-20(53-16-51)14-24(26)29(36,37)33(47,48)49/h1-14,52-53H. The van der Waals surface area contributed by atoms with Crippen LogP contribution < -0.4 is 20.1 Å². The van der Waals surface area contributed by atoms with Gasteiger partial charge < -0.3 is 9.47 Å². The summed E-state index contributed by atoms with van der Waals surface area (Å²) in [6.45, 7) is 0. The van der Waals surface area contributed by atoms with Gasteiger partial charge in [0.2, 0.25) is 5.41 Å². The van der Waals surface area contributed by atoms with E-state index in [0.29, 0.717) is 36.4 Å². The molecule has 6 nitrogen and oxygen atoms in total. The summed E-state index contributed by atoms with van der Waals surface area (Å²) >= 11 is 0. The maximum Gasteiger partial charge on any atom is 0.458 e. The Bertz CT molecular complexity index is 1940. The first-order valence-corrected chi connectivity index (χ1v) is 14.4. The van der Waals surface area contributed by atoms with Crippen LogP contribution in [0.2, 0.25) is 0 Å². The van der Waals surface area contributed by atoms with Crippen LogP contribution in [0.4, 0.5) is 81.6 Å². The summed E-state index contributed by atoms with van der Waals surface area (Å²) in [5.74, 6) is -15.4. The monoisotopic (exact) mass is 804 g/mol. The van der Waals surface area contributed by atoms with Crippen LogP contribution in [0.1, 0.15) is 22.3 Å². The zero-order valence-electron chi connectivity index (χ0n) is 26.3. The van der Waals surface area contributed by atoms with Crippen molar-refractivity contribution >= 4 is 11.4 Å². The minimum absolute atomic E-state index is 0.176. The van der Waals surface area contributed by atoms with Crippen LogP contribution in [0.5, 0.6) is 23.0 Å². The Labute approximate surface area is 297 Å². The molecule has 0 fully saturated rings. The second-order valence-electron chi connectivity index (χ2n) is 11.0. The zero-order chi connectivity index (χ0) is 41.4. The van der Waals surface area contributed by atoms with Crippen molar-refractivity contribution in [1.29, 1.82) is 10.5 Å². The molecule has 0 bridgehead atoms. The Hall–Kier alpha value is -6.06. The van der Waals surface area contributed by atoms with E-state index in [1.54, 1.807) is 0 Å². The fourth-order valence-electron chi connectivity index (χ4n) is 5.10. The molecule has 4 aromatic carbocycles. The molecule has 2 N–H and O–H groups in total. The van der Waals surface area contributed by atoms with Gasteiger partial charge in [0.15, 0.2) is 12.4 Å². The number of hydrogen-bond acceptors (Lipinski definition) is 6. The average Bonchev–Trinajstić information content (AvgIpc) is 3.06. The molecule has 0 aromatic heterocycles. The lowest BCUT2D eigenvalue weighted by atomic mass is 9.73. The lowest BCUT2D eigenvalue weighted by Gasteiger charge is -2.38. The van der Waals surface area contributed by atoms with Crippen LogP contribution >= 0.6 is 0 Å². The molecule has 0 radical (unpaired) electrons. The molecular formula is C33H16F16N4O2. The van der Waals surface area contributed by atoms with Crippen LogP contribution in [-0.2, 0) is 17.3 Å². The summed E-state index contributed by atoms with van der Waals surface area (Å²) in [6.07, 6.45) is -22.4.